The molecule has 0 unspecified atom stereocenters. The monoisotopic (exact) mass is 411 g/mol. The zero-order valence-electron chi connectivity index (χ0n) is 17.8. The van der Waals surface area contributed by atoms with E-state index in [0.717, 1.165) is 29.3 Å². The molecule has 2 aromatic rings. The first-order valence-electron chi connectivity index (χ1n) is 11.0. The van der Waals surface area contributed by atoms with Crippen molar-refractivity contribution < 1.29 is 20.1 Å². The highest BCUT2D eigenvalue weighted by atomic mass is 16.3. The van der Waals surface area contributed by atoms with Crippen LogP contribution in [0.3, 0.4) is 0 Å². The third-order valence-electron chi connectivity index (χ3n) is 8.18. The minimum absolute atomic E-state index is 0.0671. The molecule has 0 radical (unpaired) electrons. The number of carbonyl (C=O) groups is 1. The van der Waals surface area contributed by atoms with E-state index in [1.165, 1.54) is 0 Å². The Balaban J connectivity index is 1.57. The second-order valence-corrected chi connectivity index (χ2v) is 9.81. The summed E-state index contributed by atoms with van der Waals surface area (Å²) in [6.45, 7) is 4.00. The van der Waals surface area contributed by atoms with Crippen molar-refractivity contribution in [3.8, 4) is 0 Å². The first-order valence-corrected chi connectivity index (χ1v) is 11.0. The number of fused-ring (bicyclic) bond motifs is 2. The lowest BCUT2D eigenvalue weighted by Crippen LogP contribution is -2.60. The van der Waals surface area contributed by atoms with E-state index in [4.69, 9.17) is 0 Å². The maximum atomic E-state index is 13.1. The third-order valence-corrected chi connectivity index (χ3v) is 8.18. The maximum Gasteiger partial charge on any atom is 0.224 e. The molecule has 2 aromatic carbocycles. The Bertz CT molecular complexity index is 925. The quantitative estimate of drug-likeness (QED) is 0.617. The van der Waals surface area contributed by atoms with Crippen LogP contribution in [0.4, 0.5) is 5.69 Å². The maximum absolute atomic E-state index is 13.1. The van der Waals surface area contributed by atoms with Crippen LogP contribution in [0.15, 0.2) is 42.5 Å². The van der Waals surface area contributed by atoms with Crippen molar-refractivity contribution in [2.75, 3.05) is 11.9 Å². The number of nitrogens with one attached hydrogen (secondary N) is 1. The van der Waals surface area contributed by atoms with Gasteiger partial charge in [-0.15, -0.1) is 0 Å². The van der Waals surface area contributed by atoms with Gasteiger partial charge in [-0.25, -0.2) is 0 Å². The SMILES string of the molecule is C[C@]1(CO)[C@@H]2CC[C@@H](O)[C@@H](CC(=O)Nc3cccc4ccccc34)[C@]2(C)CC[C@H]1O. The van der Waals surface area contributed by atoms with Crippen LogP contribution in [0.25, 0.3) is 10.8 Å². The van der Waals surface area contributed by atoms with Gasteiger partial charge >= 0.3 is 0 Å². The molecule has 2 saturated carbocycles. The molecule has 0 spiro atoms. The predicted octanol–water partition coefficient (Wildman–Crippen LogP) is 3.72. The normalized spacial score (nSPS) is 36.3. The van der Waals surface area contributed by atoms with Crippen molar-refractivity contribution in [3.63, 3.8) is 0 Å². The van der Waals surface area contributed by atoms with Gasteiger partial charge in [-0.05, 0) is 54.4 Å². The Morgan fingerprint density at radius 3 is 2.57 bits per heavy atom. The van der Waals surface area contributed by atoms with Crippen molar-refractivity contribution in [1.82, 2.24) is 0 Å². The van der Waals surface area contributed by atoms with E-state index in [9.17, 15) is 20.1 Å². The highest BCUT2D eigenvalue weighted by Crippen LogP contribution is 2.60. The van der Waals surface area contributed by atoms with Gasteiger partial charge in [-0.2, -0.15) is 0 Å². The number of hydrogen-bond donors (Lipinski definition) is 4. The zero-order chi connectivity index (χ0) is 21.5. The molecule has 0 heterocycles. The molecule has 0 aliphatic heterocycles. The van der Waals surface area contributed by atoms with Crippen LogP contribution in [0.5, 0.6) is 0 Å². The molecule has 4 rings (SSSR count). The molecule has 5 heteroatoms. The second-order valence-electron chi connectivity index (χ2n) is 9.81. The van der Waals surface area contributed by atoms with E-state index in [1.807, 2.05) is 49.4 Å². The number of amides is 1. The highest BCUT2D eigenvalue weighted by molar-refractivity contribution is 6.02. The summed E-state index contributed by atoms with van der Waals surface area (Å²) in [6.07, 6.45) is 1.80. The number of anilines is 1. The molecule has 0 bridgehead atoms. The van der Waals surface area contributed by atoms with E-state index >= 15 is 0 Å². The van der Waals surface area contributed by atoms with Gasteiger partial charge in [-0.3, -0.25) is 4.79 Å². The summed E-state index contributed by atoms with van der Waals surface area (Å²) in [5, 5.41) is 36.7. The van der Waals surface area contributed by atoms with E-state index in [2.05, 4.69) is 12.2 Å². The fourth-order valence-corrected chi connectivity index (χ4v) is 6.34. The molecule has 2 fully saturated rings. The Morgan fingerprint density at radius 1 is 1.07 bits per heavy atom. The van der Waals surface area contributed by atoms with E-state index < -0.39 is 17.6 Å². The number of benzene rings is 2. The number of aliphatic hydroxyl groups excluding tert-OH is 3. The Kier molecular flexibility index (Phi) is 5.64. The molecular weight excluding hydrogens is 378 g/mol. The van der Waals surface area contributed by atoms with E-state index in [-0.39, 0.29) is 36.2 Å². The first kappa shape index (κ1) is 21.3. The van der Waals surface area contributed by atoms with Gasteiger partial charge < -0.3 is 20.6 Å². The molecule has 6 atom stereocenters. The van der Waals surface area contributed by atoms with Crippen LogP contribution in [0.2, 0.25) is 0 Å². The molecule has 30 heavy (non-hydrogen) atoms. The predicted molar refractivity (Wildman–Crippen MR) is 118 cm³/mol. The second kappa shape index (κ2) is 7.95. The lowest BCUT2D eigenvalue weighted by Gasteiger charge is -2.60. The highest BCUT2D eigenvalue weighted by Gasteiger charge is 2.59. The third kappa shape index (κ3) is 3.43. The summed E-state index contributed by atoms with van der Waals surface area (Å²) < 4.78 is 0. The molecule has 0 saturated heterocycles. The van der Waals surface area contributed by atoms with Crippen LogP contribution in [0, 0.1) is 22.7 Å². The van der Waals surface area contributed by atoms with Crippen LogP contribution >= 0.6 is 0 Å². The molecule has 162 valence electrons. The van der Waals surface area contributed by atoms with Gasteiger partial charge in [0.15, 0.2) is 0 Å². The van der Waals surface area contributed by atoms with Gasteiger partial charge in [-0.1, -0.05) is 50.2 Å². The smallest absolute Gasteiger partial charge is 0.224 e. The fourth-order valence-electron chi connectivity index (χ4n) is 6.34. The molecule has 0 aromatic heterocycles. The molecular formula is C25H33NO4. The van der Waals surface area contributed by atoms with Gasteiger partial charge in [0.25, 0.3) is 0 Å². The van der Waals surface area contributed by atoms with Gasteiger partial charge in [0.05, 0.1) is 18.8 Å². The molecule has 2 aliphatic rings. The number of rotatable bonds is 4. The van der Waals surface area contributed by atoms with Crippen LogP contribution in [0.1, 0.15) is 46.0 Å². The summed E-state index contributed by atoms with van der Waals surface area (Å²) >= 11 is 0. The largest absolute Gasteiger partial charge is 0.396 e. The van der Waals surface area contributed by atoms with Gasteiger partial charge in [0.2, 0.25) is 5.91 Å². The van der Waals surface area contributed by atoms with Crippen molar-refractivity contribution >= 4 is 22.4 Å². The molecule has 2 aliphatic carbocycles. The average Bonchev–Trinajstić information content (AvgIpc) is 2.74. The summed E-state index contributed by atoms with van der Waals surface area (Å²) in [5.41, 5.74) is -0.119. The van der Waals surface area contributed by atoms with E-state index in [0.29, 0.717) is 12.8 Å². The number of aliphatic hydroxyl groups is 3. The standard InChI is InChI=1S/C25H33NO4/c1-24-13-12-22(29)25(2,15-27)21(24)11-10-20(28)18(24)14-23(30)26-19-9-5-7-16-6-3-4-8-17(16)19/h3-9,18,20-22,27-29H,10-15H2,1-2H3,(H,26,30)/t18-,20-,21-,22-,24+,25+/m1/s1. The Morgan fingerprint density at radius 2 is 1.80 bits per heavy atom. The first-order chi connectivity index (χ1) is 14.3. The summed E-state index contributed by atoms with van der Waals surface area (Å²) in [5.74, 6) is -0.240. The minimum atomic E-state index is -0.600. The number of carbonyl (C=O) groups excluding carboxylic acids is 1. The van der Waals surface area contributed by atoms with Gasteiger partial charge in [0.1, 0.15) is 0 Å². The number of hydrogen-bond acceptors (Lipinski definition) is 4. The van der Waals surface area contributed by atoms with Crippen molar-refractivity contribution in [2.24, 2.45) is 22.7 Å². The fraction of sp³-hybridized carbons (Fsp3) is 0.560. The van der Waals surface area contributed by atoms with E-state index in [1.54, 1.807) is 0 Å². The van der Waals surface area contributed by atoms with Crippen LogP contribution < -0.4 is 5.32 Å². The molecule has 1 amide bonds. The van der Waals surface area contributed by atoms with Crippen LogP contribution in [-0.4, -0.2) is 40.0 Å². The zero-order valence-corrected chi connectivity index (χ0v) is 17.8. The molecule has 4 N–H and O–H groups in total. The van der Waals surface area contributed by atoms with Crippen molar-refractivity contribution in [2.45, 2.75) is 58.2 Å². The van der Waals surface area contributed by atoms with Crippen LogP contribution in [-0.2, 0) is 4.79 Å². The summed E-state index contributed by atoms with van der Waals surface area (Å²) in [6, 6.07) is 13.8. The topological polar surface area (TPSA) is 89.8 Å². The minimum Gasteiger partial charge on any atom is -0.396 e. The lowest BCUT2D eigenvalue weighted by atomic mass is 9.46. The average molecular weight is 412 g/mol. The van der Waals surface area contributed by atoms with Gasteiger partial charge in [0, 0.05) is 22.9 Å². The van der Waals surface area contributed by atoms with Crippen molar-refractivity contribution in [1.29, 1.82) is 0 Å². The molecule has 5 nitrogen and oxygen atoms in total. The summed E-state index contributed by atoms with van der Waals surface area (Å²) in [4.78, 5) is 13.1. The summed E-state index contributed by atoms with van der Waals surface area (Å²) in [7, 11) is 0. The van der Waals surface area contributed by atoms with Crippen molar-refractivity contribution in [3.05, 3.63) is 42.5 Å². The lowest BCUT2D eigenvalue weighted by molar-refractivity contribution is -0.185. The Labute approximate surface area is 178 Å². The Hall–Kier alpha value is -1.95.